The fourth-order valence-electron chi connectivity index (χ4n) is 0.787. The van der Waals surface area contributed by atoms with Gasteiger partial charge in [0.15, 0.2) is 0 Å². The highest BCUT2D eigenvalue weighted by Gasteiger charge is 2.04. The SMILES string of the molecule is Cl.Cl.NC(N)=NN=Cc1c(F)cccc1F. The highest BCUT2D eigenvalue weighted by molar-refractivity contribution is 5.85. The van der Waals surface area contributed by atoms with E-state index in [9.17, 15) is 8.78 Å². The molecule has 4 N–H and O–H groups in total. The molecule has 0 radical (unpaired) electrons. The van der Waals surface area contributed by atoms with Gasteiger partial charge in [0, 0.05) is 0 Å². The normalized spacial score (nSPS) is 9.12. The number of benzene rings is 1. The minimum atomic E-state index is -0.723. The summed E-state index contributed by atoms with van der Waals surface area (Å²) in [6.45, 7) is 0. The Morgan fingerprint density at radius 3 is 2.06 bits per heavy atom. The molecule has 1 rings (SSSR count). The molecule has 0 saturated heterocycles. The van der Waals surface area contributed by atoms with Gasteiger partial charge in [0.05, 0.1) is 11.8 Å². The number of rotatable bonds is 2. The van der Waals surface area contributed by atoms with Gasteiger partial charge in [0.1, 0.15) is 11.6 Å². The summed E-state index contributed by atoms with van der Waals surface area (Å²) in [6, 6.07) is 3.47. The lowest BCUT2D eigenvalue weighted by Gasteiger charge is -1.95. The van der Waals surface area contributed by atoms with E-state index < -0.39 is 11.6 Å². The van der Waals surface area contributed by atoms with E-state index in [1.165, 1.54) is 6.07 Å². The summed E-state index contributed by atoms with van der Waals surface area (Å²) in [4.78, 5) is 0. The molecule has 16 heavy (non-hydrogen) atoms. The third kappa shape index (κ3) is 4.90. The van der Waals surface area contributed by atoms with Gasteiger partial charge in [-0.1, -0.05) is 6.07 Å². The van der Waals surface area contributed by atoms with Gasteiger partial charge in [0.25, 0.3) is 0 Å². The molecule has 8 heteroatoms. The zero-order valence-electron chi connectivity index (χ0n) is 7.93. The summed E-state index contributed by atoms with van der Waals surface area (Å²) in [5, 5.41) is 6.51. The molecule has 1 aromatic carbocycles. The number of hydrogen-bond donors (Lipinski definition) is 2. The fraction of sp³-hybridized carbons (Fsp3) is 0. The molecular formula is C8H10Cl2F2N4. The molecule has 0 atom stereocenters. The van der Waals surface area contributed by atoms with Crippen molar-refractivity contribution in [1.29, 1.82) is 0 Å². The van der Waals surface area contributed by atoms with Crippen molar-refractivity contribution in [2.75, 3.05) is 0 Å². The van der Waals surface area contributed by atoms with Crippen LogP contribution in [0.1, 0.15) is 5.56 Å². The average Bonchev–Trinajstić information content (AvgIpc) is 2.09. The topological polar surface area (TPSA) is 76.8 Å². The number of nitrogens with two attached hydrogens (primary N) is 2. The van der Waals surface area contributed by atoms with Gasteiger partial charge >= 0.3 is 0 Å². The Labute approximate surface area is 103 Å². The number of hydrogen-bond acceptors (Lipinski definition) is 2. The molecule has 4 nitrogen and oxygen atoms in total. The highest BCUT2D eigenvalue weighted by atomic mass is 35.5. The second-order valence-electron chi connectivity index (χ2n) is 2.40. The first-order chi connectivity index (χ1) is 6.61. The van der Waals surface area contributed by atoms with E-state index in [1.807, 2.05) is 0 Å². The molecule has 0 aliphatic heterocycles. The van der Waals surface area contributed by atoms with Crippen LogP contribution < -0.4 is 11.5 Å². The van der Waals surface area contributed by atoms with E-state index in [0.29, 0.717) is 0 Å². The summed E-state index contributed by atoms with van der Waals surface area (Å²) >= 11 is 0. The molecule has 0 aromatic heterocycles. The maximum atomic E-state index is 12.9. The van der Waals surface area contributed by atoms with Crippen LogP contribution in [0.15, 0.2) is 28.4 Å². The molecular weight excluding hydrogens is 261 g/mol. The summed E-state index contributed by atoms with van der Waals surface area (Å²) in [5.74, 6) is -1.72. The van der Waals surface area contributed by atoms with Gasteiger partial charge in [-0.3, -0.25) is 0 Å². The van der Waals surface area contributed by atoms with Crippen molar-refractivity contribution in [2.45, 2.75) is 0 Å². The maximum Gasteiger partial charge on any atom is 0.211 e. The Morgan fingerprint density at radius 1 is 1.12 bits per heavy atom. The van der Waals surface area contributed by atoms with E-state index in [0.717, 1.165) is 18.3 Å². The monoisotopic (exact) mass is 270 g/mol. The average molecular weight is 271 g/mol. The molecule has 0 fully saturated rings. The first-order valence-corrected chi connectivity index (χ1v) is 3.67. The van der Waals surface area contributed by atoms with Crippen LogP contribution in [0.3, 0.4) is 0 Å². The number of guanidine groups is 1. The van der Waals surface area contributed by atoms with Gasteiger partial charge in [-0.2, -0.15) is 5.10 Å². The third-order valence-corrected chi connectivity index (χ3v) is 1.36. The lowest BCUT2D eigenvalue weighted by molar-refractivity contribution is 0.580. The molecule has 0 unspecified atom stereocenters. The van der Waals surface area contributed by atoms with Crippen molar-refractivity contribution in [3.63, 3.8) is 0 Å². The van der Waals surface area contributed by atoms with Crippen molar-refractivity contribution in [3.05, 3.63) is 35.4 Å². The number of halogens is 4. The second-order valence-corrected chi connectivity index (χ2v) is 2.40. The highest BCUT2D eigenvalue weighted by Crippen LogP contribution is 2.08. The van der Waals surface area contributed by atoms with Crippen molar-refractivity contribution in [1.82, 2.24) is 0 Å². The van der Waals surface area contributed by atoms with Gasteiger partial charge in [-0.15, -0.1) is 29.9 Å². The lowest BCUT2D eigenvalue weighted by atomic mass is 10.2. The third-order valence-electron chi connectivity index (χ3n) is 1.36. The summed E-state index contributed by atoms with van der Waals surface area (Å²) in [7, 11) is 0. The van der Waals surface area contributed by atoms with E-state index >= 15 is 0 Å². The summed E-state index contributed by atoms with van der Waals surface area (Å²) < 4.78 is 25.9. The van der Waals surface area contributed by atoms with Gasteiger partial charge in [-0.05, 0) is 12.1 Å². The van der Waals surface area contributed by atoms with E-state index in [1.54, 1.807) is 0 Å². The standard InChI is InChI=1S/C8H8F2N4.2ClH/c9-6-2-1-3-7(10)5(6)4-13-14-8(11)12;;/h1-4H,(H4,11,12,14);2*1H. The quantitative estimate of drug-likeness (QED) is 0.484. The summed E-state index contributed by atoms with van der Waals surface area (Å²) in [5.41, 5.74) is 9.64. The Kier molecular flexibility index (Phi) is 8.33. The smallest absolute Gasteiger partial charge is 0.211 e. The minimum Gasteiger partial charge on any atom is -0.369 e. The van der Waals surface area contributed by atoms with Crippen LogP contribution >= 0.6 is 24.8 Å². The van der Waals surface area contributed by atoms with E-state index in [-0.39, 0.29) is 36.3 Å². The van der Waals surface area contributed by atoms with Crippen LogP contribution in [0, 0.1) is 11.6 Å². The minimum absolute atomic E-state index is 0. The lowest BCUT2D eigenvalue weighted by Crippen LogP contribution is -2.21. The molecule has 0 amide bonds. The molecule has 0 aliphatic carbocycles. The molecule has 0 heterocycles. The first-order valence-electron chi connectivity index (χ1n) is 3.67. The Morgan fingerprint density at radius 2 is 1.62 bits per heavy atom. The number of nitrogens with zero attached hydrogens (tertiary/aromatic N) is 2. The molecule has 0 saturated carbocycles. The van der Waals surface area contributed by atoms with Crippen LogP contribution in [0.5, 0.6) is 0 Å². The van der Waals surface area contributed by atoms with Crippen LogP contribution in [0.4, 0.5) is 8.78 Å². The Balaban J connectivity index is 0. The van der Waals surface area contributed by atoms with Crippen molar-refractivity contribution in [3.8, 4) is 0 Å². The van der Waals surface area contributed by atoms with Gasteiger partial charge in [-0.25, -0.2) is 8.78 Å². The van der Waals surface area contributed by atoms with Crippen LogP contribution in [0.2, 0.25) is 0 Å². The van der Waals surface area contributed by atoms with Crippen LogP contribution in [-0.4, -0.2) is 12.2 Å². The Bertz CT molecular complexity index is 371. The first kappa shape index (κ1) is 17.0. The molecule has 1 aromatic rings. The molecule has 90 valence electrons. The molecule has 0 aliphatic rings. The van der Waals surface area contributed by atoms with Crippen molar-refractivity contribution in [2.24, 2.45) is 21.7 Å². The zero-order valence-corrected chi connectivity index (χ0v) is 9.56. The van der Waals surface area contributed by atoms with Gasteiger partial charge in [0.2, 0.25) is 5.96 Å². The van der Waals surface area contributed by atoms with Crippen molar-refractivity contribution < 1.29 is 8.78 Å². The largest absolute Gasteiger partial charge is 0.369 e. The molecule has 0 spiro atoms. The Hall–Kier alpha value is -1.40. The predicted octanol–water partition coefficient (Wildman–Crippen LogP) is 1.42. The maximum absolute atomic E-state index is 12.9. The fourth-order valence-corrected chi connectivity index (χ4v) is 0.787. The second kappa shape index (κ2) is 7.84. The molecule has 0 bridgehead atoms. The van der Waals surface area contributed by atoms with Gasteiger partial charge < -0.3 is 11.5 Å². The zero-order chi connectivity index (χ0) is 10.6. The van der Waals surface area contributed by atoms with Crippen LogP contribution in [0.25, 0.3) is 0 Å². The predicted molar refractivity (Wildman–Crippen MR) is 64.3 cm³/mol. The van der Waals surface area contributed by atoms with E-state index in [2.05, 4.69) is 10.2 Å². The van der Waals surface area contributed by atoms with E-state index in [4.69, 9.17) is 11.5 Å². The van der Waals surface area contributed by atoms with Crippen LogP contribution in [-0.2, 0) is 0 Å². The van der Waals surface area contributed by atoms with Crippen molar-refractivity contribution >= 4 is 37.0 Å². The summed E-state index contributed by atoms with van der Waals surface area (Å²) in [6.07, 6.45) is 0.907.